The molecule has 22 nitrogen and oxygen atoms in total. The van der Waals surface area contributed by atoms with Crippen molar-refractivity contribution in [2.75, 3.05) is 71.9 Å². The van der Waals surface area contributed by atoms with Crippen molar-refractivity contribution < 1.29 is 56.4 Å². The quantitative estimate of drug-likeness (QED) is 0.0295. The molecule has 0 spiro atoms. The van der Waals surface area contributed by atoms with Crippen LogP contribution in [0.1, 0.15) is 78.2 Å². The Morgan fingerprint density at radius 2 is 1.03 bits per heavy atom. The Bertz CT molecular complexity index is 4220. The van der Waals surface area contributed by atoms with Crippen LogP contribution in [0, 0.1) is 37.1 Å². The molecule has 89 heavy (non-hydrogen) atoms. The second-order valence-electron chi connectivity index (χ2n) is 21.9. The number of aliphatic hydroxyl groups excluding tert-OH is 2. The van der Waals surface area contributed by atoms with E-state index in [1.165, 1.54) is 22.2 Å². The third-order valence-electron chi connectivity index (χ3n) is 15.9. The molecular formula is C60H59Cl3F4N12O10. The molecule has 29 heteroatoms. The van der Waals surface area contributed by atoms with E-state index in [4.69, 9.17) is 55.1 Å². The molecule has 0 bridgehead atoms. The number of anilines is 1. The maximum atomic E-state index is 14.1. The smallest absolute Gasteiger partial charge is 0.262 e. The van der Waals surface area contributed by atoms with Gasteiger partial charge in [-0.3, -0.25) is 38.6 Å². The van der Waals surface area contributed by atoms with Crippen LogP contribution >= 0.6 is 34.8 Å². The fourth-order valence-electron chi connectivity index (χ4n) is 11.1. The molecule has 12 rings (SSSR count). The second kappa shape index (κ2) is 26.5. The third-order valence-corrected chi connectivity index (χ3v) is 16.8. The van der Waals surface area contributed by atoms with Crippen LogP contribution in [-0.4, -0.2) is 174 Å². The highest BCUT2D eigenvalue weighted by atomic mass is 35.5. The van der Waals surface area contributed by atoms with Crippen LogP contribution in [-0.2, 0) is 0 Å². The number of amides is 4. The van der Waals surface area contributed by atoms with E-state index in [0.29, 0.717) is 79.8 Å². The van der Waals surface area contributed by atoms with Crippen molar-refractivity contribution in [3.63, 3.8) is 0 Å². The van der Waals surface area contributed by atoms with Gasteiger partial charge in [0.2, 0.25) is 0 Å². The monoisotopic (exact) mass is 1290 g/mol. The van der Waals surface area contributed by atoms with Gasteiger partial charge < -0.3 is 60.5 Å². The number of nitrogens with one attached hydrogen (secondary N) is 5. The van der Waals surface area contributed by atoms with Crippen molar-refractivity contribution >= 4 is 86.2 Å². The van der Waals surface area contributed by atoms with Gasteiger partial charge in [-0.15, -0.1) is 0 Å². The summed E-state index contributed by atoms with van der Waals surface area (Å²) in [6.07, 6.45) is 3.64. The van der Waals surface area contributed by atoms with E-state index >= 15 is 0 Å². The average molecular weight is 1290 g/mol. The Labute approximate surface area is 518 Å². The summed E-state index contributed by atoms with van der Waals surface area (Å²) in [4.78, 5) is 106. The summed E-state index contributed by atoms with van der Waals surface area (Å²) >= 11 is 17.3. The molecule has 4 aromatic heterocycles. The van der Waals surface area contributed by atoms with Gasteiger partial charge in [0.25, 0.3) is 34.7 Å². The van der Waals surface area contributed by atoms with Crippen LogP contribution in [0.15, 0.2) is 70.5 Å². The number of benzene rings is 4. The Hall–Kier alpha value is -8.21. The highest BCUT2D eigenvalue weighted by Crippen LogP contribution is 2.38. The Kier molecular flexibility index (Phi) is 19.0. The van der Waals surface area contributed by atoms with Crippen molar-refractivity contribution in [2.24, 2.45) is 5.73 Å². The number of carbonyl (C=O) groups excluding carboxylic acids is 4. The van der Waals surface area contributed by atoms with E-state index < -0.39 is 59.1 Å². The van der Waals surface area contributed by atoms with Crippen LogP contribution in [0.5, 0.6) is 11.5 Å². The molecule has 2 saturated heterocycles. The fraction of sp³-hybridized carbons (Fsp3) is 0.333. The lowest BCUT2D eigenvalue weighted by Crippen LogP contribution is -2.46. The zero-order chi connectivity index (χ0) is 63.9. The number of likely N-dealkylation sites (tertiary alicyclic amines) is 2. The highest BCUT2D eigenvalue weighted by Gasteiger charge is 2.44. The predicted octanol–water partition coefficient (Wildman–Crippen LogP) is 7.59. The van der Waals surface area contributed by atoms with Gasteiger partial charge in [-0.05, 0) is 139 Å². The molecule has 0 radical (unpaired) electrons. The topological polar surface area (TPSA) is 301 Å². The number of halogens is 7. The number of H-pyrrole nitrogens is 4. The van der Waals surface area contributed by atoms with Gasteiger partial charge in [0.15, 0.2) is 34.8 Å². The predicted molar refractivity (Wildman–Crippen MR) is 324 cm³/mol. The summed E-state index contributed by atoms with van der Waals surface area (Å²) in [6, 6.07) is 10.2. The number of imide groups is 2. The molecule has 4 amide bonds. The first-order valence-electron chi connectivity index (χ1n) is 28.1. The summed E-state index contributed by atoms with van der Waals surface area (Å²) in [5.74, 6) is -5.92. The molecule has 0 unspecified atom stereocenters. The summed E-state index contributed by atoms with van der Waals surface area (Å²) < 4.78 is 64.2. The van der Waals surface area contributed by atoms with Crippen molar-refractivity contribution in [1.82, 2.24) is 49.5 Å². The highest BCUT2D eigenvalue weighted by molar-refractivity contribution is 6.33. The molecule has 8 aromatic rings. The number of carbonyl (C=O) groups is 4. The van der Waals surface area contributed by atoms with E-state index in [1.807, 2.05) is 14.1 Å². The number of aromatic amines is 4. The van der Waals surface area contributed by atoms with Gasteiger partial charge in [-0.2, -0.15) is 0 Å². The average Bonchev–Trinajstić information content (AvgIpc) is 1.59. The van der Waals surface area contributed by atoms with Gasteiger partial charge in [0, 0.05) is 37.6 Å². The standard InChI is InChI=1S/C30H29ClF2N6O5.C21H20ClN5O3.C9H10ClF2NO2/c1-14-22-17(29(42)39(30(22)43)15-6-9-38(2)10-7-15)11-21-25(14)37-27(36-21)23-20(5-8-34-28(23)41)35-12-16(40)13-44-26-19(32)4-3-18(31)24(26)33;1-10-15-12(20(29)27(21(15)30)11-4-7-26(2)8-5-11)9-14-17(10)25-18(24-14)16-13(22)3-6-23-19(16)28;10-6-1-2-7(11)9(8(6)12)15-4-5(14)3-13/h3-5,8,11,15-16,40H,6-7,9-10,12-13H2,1-2H3,(H,36,37)(H2,34,35,41);3,6,9,11H,4-5,7-8H2,1-2H3,(H,23,28)(H,24,25);1-2,5,14H,3-4,13H2/t16-;;5-/m1.1/s1. The lowest BCUT2D eigenvalue weighted by molar-refractivity contribution is 0.0501. The maximum absolute atomic E-state index is 14.1. The molecule has 2 fully saturated rings. The molecule has 4 aliphatic rings. The first kappa shape index (κ1) is 63.8. The van der Waals surface area contributed by atoms with Crippen molar-refractivity contribution in [2.45, 2.75) is 63.8 Å². The van der Waals surface area contributed by atoms with Gasteiger partial charge in [-0.25, -0.2) is 27.5 Å². The zero-order valence-electron chi connectivity index (χ0n) is 48.1. The fourth-order valence-corrected chi connectivity index (χ4v) is 11.7. The number of hydrogen-bond acceptors (Lipinski definition) is 16. The van der Waals surface area contributed by atoms with Gasteiger partial charge in [-0.1, -0.05) is 34.8 Å². The van der Waals surface area contributed by atoms with Crippen LogP contribution in [0.2, 0.25) is 15.1 Å². The lowest BCUT2D eigenvalue weighted by atomic mass is 10.0. The normalized spacial score (nSPS) is 16.3. The van der Waals surface area contributed by atoms with Crippen molar-refractivity contribution in [1.29, 1.82) is 0 Å². The Morgan fingerprint density at radius 1 is 0.607 bits per heavy atom. The third kappa shape index (κ3) is 12.7. The molecule has 4 aliphatic heterocycles. The number of ether oxygens (including phenoxy) is 2. The van der Waals surface area contributed by atoms with Crippen molar-refractivity contribution in [3.8, 4) is 34.3 Å². The van der Waals surface area contributed by atoms with Gasteiger partial charge in [0.05, 0.1) is 65.1 Å². The molecule has 0 aliphatic carbocycles. The van der Waals surface area contributed by atoms with E-state index in [2.05, 4.69) is 45.0 Å². The number of nitrogens with zero attached hydrogens (tertiary/aromatic N) is 6. The number of imidazole rings is 2. The molecule has 8 heterocycles. The van der Waals surface area contributed by atoms with E-state index in [9.17, 15) is 51.4 Å². The number of nitrogens with two attached hydrogens (primary N) is 1. The molecule has 2 atom stereocenters. The first-order chi connectivity index (χ1) is 42.5. The Balaban J connectivity index is 0.000000166. The number of piperidine rings is 2. The summed E-state index contributed by atoms with van der Waals surface area (Å²) in [6.45, 7) is 5.87. The largest absolute Gasteiger partial charge is 0.485 e. The van der Waals surface area contributed by atoms with Crippen LogP contribution in [0.25, 0.3) is 44.8 Å². The molecule has 4 aromatic carbocycles. The minimum atomic E-state index is -1.23. The number of fused-ring (bicyclic) bond motifs is 4. The van der Waals surface area contributed by atoms with Gasteiger partial charge >= 0.3 is 0 Å². The van der Waals surface area contributed by atoms with Gasteiger partial charge in [0.1, 0.15) is 48.2 Å². The molecule has 468 valence electrons. The second-order valence-corrected chi connectivity index (χ2v) is 23.1. The van der Waals surface area contributed by atoms with E-state index in [-0.39, 0.29) is 93.0 Å². The number of pyridine rings is 2. The number of aromatic nitrogens is 6. The minimum absolute atomic E-state index is 0.0518. The SMILES string of the molecule is Cc1c2c(cc3[nH]c(-c4c(Cl)cc[nH]c4=O)nc13)C(=O)N(C1CCN(C)CC1)C2=O.Cc1c2c(cc3[nH]c(-c4c(NC[C@@H](O)COc5c(F)ccc(Cl)c5F)cc[nH]c4=O)nc13)C(=O)N(C1CCN(C)CC1)C2=O.NC[C@@H](O)COc1c(F)ccc(Cl)c1F. The van der Waals surface area contributed by atoms with Crippen molar-refractivity contribution in [3.05, 3.63) is 153 Å². The van der Waals surface area contributed by atoms with Crippen LogP contribution < -0.4 is 31.6 Å². The molecular weight excluding hydrogens is 1230 g/mol. The van der Waals surface area contributed by atoms with E-state index in [1.54, 1.807) is 38.1 Å². The van der Waals surface area contributed by atoms with E-state index in [0.717, 1.165) is 63.3 Å². The number of aryl methyl sites for hydroxylation is 2. The number of hydrogen-bond donors (Lipinski definition) is 8. The molecule has 0 saturated carbocycles. The number of rotatable bonds is 14. The minimum Gasteiger partial charge on any atom is -0.485 e. The maximum Gasteiger partial charge on any atom is 0.262 e. The Morgan fingerprint density at radius 3 is 1.48 bits per heavy atom. The van der Waals surface area contributed by atoms with Crippen LogP contribution in [0.4, 0.5) is 23.2 Å². The number of aliphatic hydroxyl groups is 2. The summed E-state index contributed by atoms with van der Waals surface area (Å²) in [5, 5.41) is 22.1. The first-order valence-corrected chi connectivity index (χ1v) is 29.2. The lowest BCUT2D eigenvalue weighted by Gasteiger charge is -2.33. The van der Waals surface area contributed by atoms with Crippen LogP contribution in [0.3, 0.4) is 0 Å². The zero-order valence-corrected chi connectivity index (χ0v) is 50.4. The summed E-state index contributed by atoms with van der Waals surface area (Å²) in [5.41, 5.74) is 9.50. The molecule has 9 N–H and O–H groups in total. The summed E-state index contributed by atoms with van der Waals surface area (Å²) in [7, 11) is 4.05.